The number of furan rings is 1. The molecule has 0 radical (unpaired) electrons. The van der Waals surface area contributed by atoms with Crippen molar-refractivity contribution in [3.8, 4) is 5.75 Å². The summed E-state index contributed by atoms with van der Waals surface area (Å²) in [5, 5.41) is 0.925. The molecule has 0 saturated heterocycles. The summed E-state index contributed by atoms with van der Waals surface area (Å²) in [6.07, 6.45) is 3.26. The van der Waals surface area contributed by atoms with E-state index < -0.39 is 0 Å². The molecule has 3 nitrogen and oxygen atoms in total. The van der Waals surface area contributed by atoms with Crippen LogP contribution in [-0.4, -0.2) is 12.4 Å². The van der Waals surface area contributed by atoms with Crippen molar-refractivity contribution in [3.63, 3.8) is 0 Å². The van der Waals surface area contributed by atoms with E-state index in [2.05, 4.69) is 0 Å². The summed E-state index contributed by atoms with van der Waals surface area (Å²) in [7, 11) is 0. The van der Waals surface area contributed by atoms with E-state index in [1.54, 1.807) is 12.1 Å². The number of ketones is 1. The molecule has 0 bridgehead atoms. The SMILES string of the molecule is CCOc1ccccc1C=CC(=O)c1cc2ccccc2o1. The Bertz CT molecular complexity index is 794. The third-order valence-corrected chi connectivity index (χ3v) is 3.30. The van der Waals surface area contributed by atoms with Gasteiger partial charge in [0.2, 0.25) is 5.78 Å². The van der Waals surface area contributed by atoms with Gasteiger partial charge in [0, 0.05) is 10.9 Å². The van der Waals surface area contributed by atoms with Crippen LogP contribution in [-0.2, 0) is 0 Å². The molecule has 2 aromatic carbocycles. The fraction of sp³-hybridized carbons (Fsp3) is 0.105. The third-order valence-electron chi connectivity index (χ3n) is 3.30. The molecule has 0 atom stereocenters. The Morgan fingerprint density at radius 1 is 1.14 bits per heavy atom. The lowest BCUT2D eigenvalue weighted by molar-refractivity contribution is 0.102. The van der Waals surface area contributed by atoms with Crippen molar-refractivity contribution in [1.82, 2.24) is 0 Å². The molecule has 0 aliphatic rings. The molecule has 0 unspecified atom stereocenters. The highest BCUT2D eigenvalue weighted by Gasteiger charge is 2.09. The molecule has 22 heavy (non-hydrogen) atoms. The second-order valence-corrected chi connectivity index (χ2v) is 4.82. The number of carbonyl (C=O) groups excluding carboxylic acids is 1. The minimum absolute atomic E-state index is 0.164. The molecular weight excluding hydrogens is 276 g/mol. The fourth-order valence-electron chi connectivity index (χ4n) is 2.26. The zero-order valence-electron chi connectivity index (χ0n) is 12.3. The summed E-state index contributed by atoms with van der Waals surface area (Å²) >= 11 is 0. The van der Waals surface area contributed by atoms with Crippen LogP contribution in [0.25, 0.3) is 17.0 Å². The van der Waals surface area contributed by atoms with Crippen LogP contribution in [0.5, 0.6) is 5.75 Å². The zero-order chi connectivity index (χ0) is 15.4. The summed E-state index contributed by atoms with van der Waals surface area (Å²) < 4.78 is 11.1. The monoisotopic (exact) mass is 292 g/mol. The zero-order valence-corrected chi connectivity index (χ0v) is 12.3. The van der Waals surface area contributed by atoms with Gasteiger partial charge in [-0.2, -0.15) is 0 Å². The molecule has 0 fully saturated rings. The minimum atomic E-state index is -0.164. The number of benzene rings is 2. The lowest BCUT2D eigenvalue weighted by Gasteiger charge is -2.05. The van der Waals surface area contributed by atoms with Gasteiger partial charge < -0.3 is 9.15 Å². The first-order valence-electron chi connectivity index (χ1n) is 7.21. The van der Waals surface area contributed by atoms with Crippen molar-refractivity contribution >= 4 is 22.8 Å². The van der Waals surface area contributed by atoms with Crippen molar-refractivity contribution < 1.29 is 13.9 Å². The Hall–Kier alpha value is -2.81. The topological polar surface area (TPSA) is 39.4 Å². The van der Waals surface area contributed by atoms with Gasteiger partial charge in [0.15, 0.2) is 5.76 Å². The van der Waals surface area contributed by atoms with Gasteiger partial charge in [-0.15, -0.1) is 0 Å². The number of hydrogen-bond donors (Lipinski definition) is 0. The van der Waals surface area contributed by atoms with E-state index in [0.29, 0.717) is 18.0 Å². The first-order chi connectivity index (χ1) is 10.8. The maximum atomic E-state index is 12.2. The van der Waals surface area contributed by atoms with Crippen molar-refractivity contribution in [2.75, 3.05) is 6.61 Å². The van der Waals surface area contributed by atoms with Gasteiger partial charge in [-0.05, 0) is 37.3 Å². The molecule has 0 aliphatic carbocycles. The van der Waals surface area contributed by atoms with Crippen LogP contribution in [0.4, 0.5) is 0 Å². The number of para-hydroxylation sites is 2. The quantitative estimate of drug-likeness (QED) is 0.504. The van der Waals surface area contributed by atoms with Crippen LogP contribution >= 0.6 is 0 Å². The van der Waals surface area contributed by atoms with Crippen LogP contribution in [0.1, 0.15) is 23.0 Å². The molecule has 0 aliphatic heterocycles. The second kappa shape index (κ2) is 6.31. The molecule has 0 spiro atoms. The Balaban J connectivity index is 1.84. The Kier molecular flexibility index (Phi) is 4.05. The van der Waals surface area contributed by atoms with Gasteiger partial charge in [0.25, 0.3) is 0 Å². The Labute approximate surface area is 128 Å². The number of carbonyl (C=O) groups is 1. The normalized spacial score (nSPS) is 11.1. The van der Waals surface area contributed by atoms with Crippen LogP contribution in [0.15, 0.2) is 65.1 Å². The first-order valence-corrected chi connectivity index (χ1v) is 7.21. The molecule has 3 rings (SSSR count). The summed E-state index contributed by atoms with van der Waals surface area (Å²) in [5.74, 6) is 0.937. The van der Waals surface area contributed by atoms with E-state index in [9.17, 15) is 4.79 Å². The molecule has 0 amide bonds. The van der Waals surface area contributed by atoms with Crippen molar-refractivity contribution in [3.05, 3.63) is 72.0 Å². The van der Waals surface area contributed by atoms with Gasteiger partial charge in [0.05, 0.1) is 6.61 Å². The van der Waals surface area contributed by atoms with E-state index in [1.807, 2.05) is 55.5 Å². The van der Waals surface area contributed by atoms with Crippen LogP contribution in [0.3, 0.4) is 0 Å². The van der Waals surface area contributed by atoms with Crippen LogP contribution in [0, 0.1) is 0 Å². The van der Waals surface area contributed by atoms with Gasteiger partial charge in [-0.25, -0.2) is 0 Å². The number of fused-ring (bicyclic) bond motifs is 1. The van der Waals surface area contributed by atoms with Crippen molar-refractivity contribution in [2.45, 2.75) is 6.92 Å². The van der Waals surface area contributed by atoms with Crippen LogP contribution in [0.2, 0.25) is 0 Å². The minimum Gasteiger partial charge on any atom is -0.493 e. The van der Waals surface area contributed by atoms with E-state index in [4.69, 9.17) is 9.15 Å². The highest BCUT2D eigenvalue weighted by molar-refractivity contribution is 6.07. The maximum absolute atomic E-state index is 12.2. The average molecular weight is 292 g/mol. The van der Waals surface area contributed by atoms with Gasteiger partial charge in [-0.3, -0.25) is 4.79 Å². The van der Waals surface area contributed by atoms with E-state index in [0.717, 1.165) is 16.7 Å². The molecule has 3 heteroatoms. The number of hydrogen-bond acceptors (Lipinski definition) is 3. The predicted molar refractivity (Wildman–Crippen MR) is 87.2 cm³/mol. The largest absolute Gasteiger partial charge is 0.493 e. The van der Waals surface area contributed by atoms with Crippen LogP contribution < -0.4 is 4.74 Å². The number of rotatable bonds is 5. The summed E-state index contributed by atoms with van der Waals surface area (Å²) in [4.78, 5) is 12.2. The summed E-state index contributed by atoms with van der Waals surface area (Å²) in [6.45, 7) is 2.52. The summed E-state index contributed by atoms with van der Waals surface area (Å²) in [6, 6.07) is 16.9. The van der Waals surface area contributed by atoms with E-state index >= 15 is 0 Å². The summed E-state index contributed by atoms with van der Waals surface area (Å²) in [5.41, 5.74) is 1.59. The first kappa shape index (κ1) is 14.1. The molecule has 0 saturated carbocycles. The lowest BCUT2D eigenvalue weighted by Crippen LogP contribution is -1.94. The van der Waals surface area contributed by atoms with Gasteiger partial charge in [0.1, 0.15) is 11.3 Å². The highest BCUT2D eigenvalue weighted by atomic mass is 16.5. The average Bonchev–Trinajstić information content (AvgIpc) is 2.98. The molecule has 0 N–H and O–H groups in total. The third kappa shape index (κ3) is 2.93. The smallest absolute Gasteiger partial charge is 0.221 e. The molecule has 3 aromatic rings. The second-order valence-electron chi connectivity index (χ2n) is 4.82. The Morgan fingerprint density at radius 3 is 2.73 bits per heavy atom. The molecular formula is C19H16O3. The van der Waals surface area contributed by atoms with E-state index in [-0.39, 0.29) is 5.78 Å². The van der Waals surface area contributed by atoms with Crippen molar-refractivity contribution in [2.24, 2.45) is 0 Å². The van der Waals surface area contributed by atoms with Crippen molar-refractivity contribution in [1.29, 1.82) is 0 Å². The molecule has 1 aromatic heterocycles. The molecule has 1 heterocycles. The lowest BCUT2D eigenvalue weighted by atomic mass is 10.1. The number of allylic oxidation sites excluding steroid dienone is 1. The van der Waals surface area contributed by atoms with E-state index in [1.165, 1.54) is 6.08 Å². The van der Waals surface area contributed by atoms with Gasteiger partial charge >= 0.3 is 0 Å². The highest BCUT2D eigenvalue weighted by Crippen LogP contribution is 2.22. The Morgan fingerprint density at radius 2 is 1.91 bits per heavy atom. The molecule has 110 valence electrons. The predicted octanol–water partition coefficient (Wildman–Crippen LogP) is 4.73. The fourth-order valence-corrected chi connectivity index (χ4v) is 2.26. The standard InChI is InChI=1S/C19H16O3/c1-2-21-17-9-5-3-7-14(17)11-12-16(20)19-13-15-8-4-6-10-18(15)22-19/h3-13H,2H2,1H3. The number of ether oxygens (including phenoxy) is 1. The maximum Gasteiger partial charge on any atom is 0.221 e. The van der Waals surface area contributed by atoms with Gasteiger partial charge in [-0.1, -0.05) is 36.4 Å².